The molecule has 0 spiro atoms. The van der Waals surface area contributed by atoms with Crippen LogP contribution < -0.4 is 4.90 Å². The van der Waals surface area contributed by atoms with E-state index in [1.54, 1.807) is 12.1 Å². The SMILES string of the molecule is Cc1cccc(N(C)C(=O)O)c1Cl. The first-order valence-corrected chi connectivity index (χ1v) is 4.13. The molecular weight excluding hydrogens is 190 g/mol. The zero-order valence-corrected chi connectivity index (χ0v) is 8.17. The summed E-state index contributed by atoms with van der Waals surface area (Å²) < 4.78 is 0. The van der Waals surface area contributed by atoms with Gasteiger partial charge < -0.3 is 5.11 Å². The number of benzene rings is 1. The Bertz CT molecular complexity index is 338. The Balaban J connectivity index is 3.15. The maximum atomic E-state index is 10.6. The van der Waals surface area contributed by atoms with Crippen LogP contribution in [0.25, 0.3) is 0 Å². The van der Waals surface area contributed by atoms with Crippen LogP contribution in [0.5, 0.6) is 0 Å². The van der Waals surface area contributed by atoms with Gasteiger partial charge in [0.2, 0.25) is 0 Å². The first kappa shape index (κ1) is 9.86. The van der Waals surface area contributed by atoms with Crippen molar-refractivity contribution >= 4 is 23.4 Å². The highest BCUT2D eigenvalue weighted by Crippen LogP contribution is 2.27. The van der Waals surface area contributed by atoms with Crippen molar-refractivity contribution in [2.24, 2.45) is 0 Å². The average Bonchev–Trinajstić information content (AvgIpc) is 2.08. The largest absolute Gasteiger partial charge is 0.465 e. The summed E-state index contributed by atoms with van der Waals surface area (Å²) in [5, 5.41) is 9.20. The molecule has 0 aliphatic carbocycles. The van der Waals surface area contributed by atoms with Gasteiger partial charge in [0.15, 0.2) is 0 Å². The molecule has 0 fully saturated rings. The Morgan fingerprint density at radius 3 is 2.69 bits per heavy atom. The van der Waals surface area contributed by atoms with Crippen molar-refractivity contribution in [3.05, 3.63) is 28.8 Å². The summed E-state index contributed by atoms with van der Waals surface area (Å²) in [5.41, 5.74) is 1.38. The van der Waals surface area contributed by atoms with Gasteiger partial charge in [-0.15, -0.1) is 0 Å². The van der Waals surface area contributed by atoms with Gasteiger partial charge in [0.25, 0.3) is 0 Å². The predicted molar refractivity (Wildman–Crippen MR) is 52.6 cm³/mol. The van der Waals surface area contributed by atoms with Crippen LogP contribution in [0.3, 0.4) is 0 Å². The fraction of sp³-hybridized carbons (Fsp3) is 0.222. The number of carbonyl (C=O) groups is 1. The molecule has 1 rings (SSSR count). The molecule has 13 heavy (non-hydrogen) atoms. The normalized spacial score (nSPS) is 9.77. The van der Waals surface area contributed by atoms with E-state index in [9.17, 15) is 4.79 Å². The van der Waals surface area contributed by atoms with Crippen molar-refractivity contribution in [1.82, 2.24) is 0 Å². The molecule has 1 amide bonds. The Kier molecular flexibility index (Phi) is 2.78. The van der Waals surface area contributed by atoms with Gasteiger partial charge in [0.1, 0.15) is 0 Å². The molecule has 1 N–H and O–H groups in total. The van der Waals surface area contributed by atoms with Crippen LogP contribution in [0.2, 0.25) is 5.02 Å². The fourth-order valence-corrected chi connectivity index (χ4v) is 1.25. The summed E-state index contributed by atoms with van der Waals surface area (Å²) in [4.78, 5) is 11.7. The third-order valence-corrected chi connectivity index (χ3v) is 2.31. The van der Waals surface area contributed by atoms with Crippen LogP contribution in [-0.4, -0.2) is 18.2 Å². The minimum absolute atomic E-state index is 0.479. The third kappa shape index (κ3) is 1.92. The molecule has 0 saturated carbocycles. The monoisotopic (exact) mass is 199 g/mol. The molecule has 0 atom stereocenters. The summed E-state index contributed by atoms with van der Waals surface area (Å²) in [6, 6.07) is 5.28. The second-order valence-corrected chi connectivity index (χ2v) is 3.13. The van der Waals surface area contributed by atoms with Gasteiger partial charge in [-0.2, -0.15) is 0 Å². The molecule has 0 radical (unpaired) electrons. The van der Waals surface area contributed by atoms with E-state index in [4.69, 9.17) is 16.7 Å². The number of rotatable bonds is 1. The molecule has 0 aliphatic heterocycles. The molecule has 1 aromatic rings. The highest BCUT2D eigenvalue weighted by Gasteiger charge is 2.12. The zero-order valence-electron chi connectivity index (χ0n) is 7.41. The Labute approximate surface area is 81.5 Å². The molecule has 0 saturated heterocycles. The lowest BCUT2D eigenvalue weighted by atomic mass is 10.2. The third-order valence-electron chi connectivity index (χ3n) is 1.82. The minimum Gasteiger partial charge on any atom is -0.465 e. The minimum atomic E-state index is -1.02. The summed E-state index contributed by atoms with van der Waals surface area (Å²) in [6.45, 7) is 1.83. The molecule has 0 bridgehead atoms. The number of aryl methyl sites for hydroxylation is 1. The van der Waals surface area contributed by atoms with Crippen molar-refractivity contribution in [3.8, 4) is 0 Å². The molecule has 3 nitrogen and oxygen atoms in total. The molecule has 4 heteroatoms. The van der Waals surface area contributed by atoms with Gasteiger partial charge in [-0.25, -0.2) is 4.79 Å². The summed E-state index contributed by atoms with van der Waals surface area (Å²) in [5.74, 6) is 0. The molecule has 0 aromatic heterocycles. The second-order valence-electron chi connectivity index (χ2n) is 2.75. The van der Waals surface area contributed by atoms with E-state index >= 15 is 0 Å². The van der Waals surface area contributed by atoms with E-state index in [-0.39, 0.29) is 0 Å². The lowest BCUT2D eigenvalue weighted by Crippen LogP contribution is -2.24. The summed E-state index contributed by atoms with van der Waals surface area (Å²) in [6.07, 6.45) is -1.02. The van der Waals surface area contributed by atoms with Gasteiger partial charge in [-0.05, 0) is 18.6 Å². The van der Waals surface area contributed by atoms with E-state index < -0.39 is 6.09 Å². The maximum absolute atomic E-state index is 10.6. The fourth-order valence-electron chi connectivity index (χ4n) is 0.994. The number of halogens is 1. The smallest absolute Gasteiger partial charge is 0.411 e. The van der Waals surface area contributed by atoms with Crippen molar-refractivity contribution in [3.63, 3.8) is 0 Å². The highest BCUT2D eigenvalue weighted by molar-refractivity contribution is 6.34. The Morgan fingerprint density at radius 1 is 1.54 bits per heavy atom. The maximum Gasteiger partial charge on any atom is 0.411 e. The number of amides is 1. The van der Waals surface area contributed by atoms with Gasteiger partial charge in [-0.1, -0.05) is 23.7 Å². The van der Waals surface area contributed by atoms with Gasteiger partial charge in [-0.3, -0.25) is 4.90 Å². The van der Waals surface area contributed by atoms with Crippen LogP contribution in [0, 0.1) is 6.92 Å². The topological polar surface area (TPSA) is 40.5 Å². The standard InChI is InChI=1S/C9H10ClNO2/c1-6-4-3-5-7(8(6)10)11(2)9(12)13/h3-5H,1-2H3,(H,12,13). The number of hydrogen-bond donors (Lipinski definition) is 1. The first-order valence-electron chi connectivity index (χ1n) is 3.76. The molecule has 0 aliphatic rings. The molecular formula is C9H10ClNO2. The molecule has 1 aromatic carbocycles. The zero-order chi connectivity index (χ0) is 10.0. The van der Waals surface area contributed by atoms with Crippen molar-refractivity contribution in [1.29, 1.82) is 0 Å². The Morgan fingerprint density at radius 2 is 2.15 bits per heavy atom. The van der Waals surface area contributed by atoms with E-state index in [1.165, 1.54) is 7.05 Å². The predicted octanol–water partition coefficient (Wildman–Crippen LogP) is 2.76. The second kappa shape index (κ2) is 3.66. The average molecular weight is 200 g/mol. The number of carboxylic acid groups (broad SMARTS) is 1. The highest BCUT2D eigenvalue weighted by atomic mass is 35.5. The lowest BCUT2D eigenvalue weighted by molar-refractivity contribution is 0.203. The summed E-state index contributed by atoms with van der Waals surface area (Å²) in [7, 11) is 1.46. The van der Waals surface area contributed by atoms with Crippen molar-refractivity contribution < 1.29 is 9.90 Å². The molecule has 0 heterocycles. The van der Waals surface area contributed by atoms with Gasteiger partial charge in [0.05, 0.1) is 10.7 Å². The van der Waals surface area contributed by atoms with Crippen LogP contribution in [0.1, 0.15) is 5.56 Å². The lowest BCUT2D eigenvalue weighted by Gasteiger charge is -2.15. The van der Waals surface area contributed by atoms with Crippen LogP contribution in [0.15, 0.2) is 18.2 Å². The first-order chi connectivity index (χ1) is 6.04. The van der Waals surface area contributed by atoms with Crippen molar-refractivity contribution in [2.75, 3.05) is 11.9 Å². The quantitative estimate of drug-likeness (QED) is 0.756. The number of anilines is 1. The van der Waals surface area contributed by atoms with E-state index in [0.717, 1.165) is 10.5 Å². The Hall–Kier alpha value is -1.22. The van der Waals surface area contributed by atoms with Gasteiger partial charge in [0, 0.05) is 7.05 Å². The number of nitrogens with zero attached hydrogens (tertiary/aromatic N) is 1. The van der Waals surface area contributed by atoms with E-state index in [0.29, 0.717) is 10.7 Å². The van der Waals surface area contributed by atoms with Crippen molar-refractivity contribution in [2.45, 2.75) is 6.92 Å². The molecule has 70 valence electrons. The van der Waals surface area contributed by atoms with E-state index in [1.807, 2.05) is 13.0 Å². The number of hydrogen-bond acceptors (Lipinski definition) is 1. The van der Waals surface area contributed by atoms with Crippen LogP contribution in [0.4, 0.5) is 10.5 Å². The molecule has 0 unspecified atom stereocenters. The van der Waals surface area contributed by atoms with Crippen LogP contribution >= 0.6 is 11.6 Å². The summed E-state index contributed by atoms with van der Waals surface area (Å²) >= 11 is 5.93. The van der Waals surface area contributed by atoms with Gasteiger partial charge >= 0.3 is 6.09 Å². The van der Waals surface area contributed by atoms with Crippen LogP contribution in [-0.2, 0) is 0 Å². The van der Waals surface area contributed by atoms with E-state index in [2.05, 4.69) is 0 Å².